The third-order valence-corrected chi connectivity index (χ3v) is 5.47. The molecule has 1 N–H and O–H groups in total. The van der Waals surface area contributed by atoms with Crippen LogP contribution >= 0.6 is 0 Å². The number of carbonyl (C=O) groups is 2. The van der Waals surface area contributed by atoms with Gasteiger partial charge in [-0.15, -0.1) is 5.10 Å². The van der Waals surface area contributed by atoms with Crippen molar-refractivity contribution in [2.75, 3.05) is 6.54 Å². The molecular formula is C21H24FN5O2. The molecule has 0 bridgehead atoms. The Balaban J connectivity index is 1.36. The molecule has 2 aromatic rings. The number of nitrogens with one attached hydrogen (secondary N) is 1. The Labute approximate surface area is 168 Å². The van der Waals surface area contributed by atoms with Crippen LogP contribution in [0.15, 0.2) is 48.7 Å². The number of rotatable bonds is 6. The summed E-state index contributed by atoms with van der Waals surface area (Å²) in [6.07, 6.45) is 6.22. The summed E-state index contributed by atoms with van der Waals surface area (Å²) in [6, 6.07) is 9.31. The lowest BCUT2D eigenvalue weighted by molar-refractivity contribution is -0.136. The van der Waals surface area contributed by atoms with Crippen molar-refractivity contribution in [1.29, 1.82) is 0 Å². The molecule has 8 heteroatoms. The van der Waals surface area contributed by atoms with Gasteiger partial charge >= 0.3 is 0 Å². The quantitative estimate of drug-likeness (QED) is 0.757. The predicted molar refractivity (Wildman–Crippen MR) is 105 cm³/mol. The molecule has 1 aliphatic carbocycles. The first-order chi connectivity index (χ1) is 14.1. The summed E-state index contributed by atoms with van der Waals surface area (Å²) in [6.45, 7) is 0.848. The number of hydrogen-bond acceptors (Lipinski definition) is 4. The highest BCUT2D eigenvalue weighted by Crippen LogP contribution is 2.28. The number of amides is 2. The van der Waals surface area contributed by atoms with Gasteiger partial charge in [-0.2, -0.15) is 0 Å². The van der Waals surface area contributed by atoms with E-state index in [2.05, 4.69) is 15.6 Å². The molecule has 1 aromatic heterocycles. The van der Waals surface area contributed by atoms with E-state index in [0.717, 1.165) is 5.56 Å². The highest BCUT2D eigenvalue weighted by Gasteiger charge is 2.38. The highest BCUT2D eigenvalue weighted by molar-refractivity contribution is 5.91. The van der Waals surface area contributed by atoms with Gasteiger partial charge in [0.15, 0.2) is 5.69 Å². The van der Waals surface area contributed by atoms with E-state index in [4.69, 9.17) is 0 Å². The molecule has 7 nitrogen and oxygen atoms in total. The molecular weight excluding hydrogens is 373 g/mol. The molecule has 2 aliphatic rings. The van der Waals surface area contributed by atoms with Gasteiger partial charge in [-0.1, -0.05) is 47.7 Å². The minimum absolute atomic E-state index is 0.00101. The number of carbonyl (C=O) groups excluding carboxylic acids is 2. The smallest absolute Gasteiger partial charge is 0.273 e. The number of alkyl halides is 1. The predicted octanol–water partition coefficient (Wildman–Crippen LogP) is 2.11. The molecule has 0 spiro atoms. The average molecular weight is 397 g/mol. The van der Waals surface area contributed by atoms with Crippen molar-refractivity contribution < 1.29 is 14.0 Å². The van der Waals surface area contributed by atoms with E-state index in [0.29, 0.717) is 25.9 Å². The average Bonchev–Trinajstić information content (AvgIpc) is 3.48. The molecule has 2 unspecified atom stereocenters. The van der Waals surface area contributed by atoms with E-state index in [1.54, 1.807) is 11.1 Å². The van der Waals surface area contributed by atoms with Crippen LogP contribution in [0.5, 0.6) is 0 Å². The van der Waals surface area contributed by atoms with E-state index in [9.17, 15) is 14.0 Å². The fourth-order valence-electron chi connectivity index (χ4n) is 3.93. The van der Waals surface area contributed by atoms with Crippen LogP contribution in [0, 0.1) is 5.92 Å². The maximum absolute atomic E-state index is 14.0. The van der Waals surface area contributed by atoms with E-state index in [1.165, 1.54) is 4.68 Å². The Kier molecular flexibility index (Phi) is 5.69. The maximum Gasteiger partial charge on any atom is 0.273 e. The van der Waals surface area contributed by atoms with Crippen LogP contribution in [-0.2, 0) is 17.9 Å². The summed E-state index contributed by atoms with van der Waals surface area (Å²) in [5.41, 5.74) is 1.19. The normalized spacial score (nSPS) is 21.6. The first kappa shape index (κ1) is 19.3. The maximum atomic E-state index is 14.0. The van der Waals surface area contributed by atoms with Gasteiger partial charge in [0.1, 0.15) is 6.17 Å². The zero-order valence-corrected chi connectivity index (χ0v) is 16.1. The number of allylic oxidation sites excluding steroid dienone is 2. The molecule has 1 fully saturated rings. The summed E-state index contributed by atoms with van der Waals surface area (Å²) >= 11 is 0. The molecule has 2 atom stereocenters. The first-order valence-electron chi connectivity index (χ1n) is 9.92. The summed E-state index contributed by atoms with van der Waals surface area (Å²) in [7, 11) is 0. The van der Waals surface area contributed by atoms with Gasteiger partial charge in [0.2, 0.25) is 5.91 Å². The van der Waals surface area contributed by atoms with E-state index >= 15 is 0 Å². The Hall–Kier alpha value is -3.03. The van der Waals surface area contributed by atoms with Gasteiger partial charge in [0, 0.05) is 18.9 Å². The lowest BCUT2D eigenvalue weighted by atomic mass is 10.1. The molecule has 1 aromatic carbocycles. The van der Waals surface area contributed by atoms with Crippen LogP contribution in [0.2, 0.25) is 0 Å². The fourth-order valence-corrected chi connectivity index (χ4v) is 3.93. The molecule has 1 saturated heterocycles. The second kappa shape index (κ2) is 8.55. The molecule has 0 radical (unpaired) electrons. The van der Waals surface area contributed by atoms with Crippen LogP contribution in [0.3, 0.4) is 0 Å². The van der Waals surface area contributed by atoms with Gasteiger partial charge in [-0.05, 0) is 18.4 Å². The van der Waals surface area contributed by atoms with E-state index in [-0.39, 0.29) is 42.4 Å². The van der Waals surface area contributed by atoms with Gasteiger partial charge in [-0.3, -0.25) is 9.59 Å². The van der Waals surface area contributed by atoms with Gasteiger partial charge in [0.05, 0.1) is 25.3 Å². The number of benzene rings is 1. The second-order valence-corrected chi connectivity index (χ2v) is 7.61. The van der Waals surface area contributed by atoms with Crippen LogP contribution in [0.1, 0.15) is 35.3 Å². The van der Waals surface area contributed by atoms with Crippen molar-refractivity contribution in [3.05, 3.63) is 59.9 Å². The SMILES string of the molecule is O=C(NCc1ccccc1)c1cn(CC2CC(F)CN2C(=O)C2CC=CC2)nn1. The van der Waals surface area contributed by atoms with Crippen molar-refractivity contribution in [1.82, 2.24) is 25.2 Å². The fraction of sp³-hybridized carbons (Fsp3) is 0.429. The molecule has 1 aliphatic heterocycles. The van der Waals surface area contributed by atoms with Gasteiger partial charge in [-0.25, -0.2) is 9.07 Å². The molecule has 29 heavy (non-hydrogen) atoms. The van der Waals surface area contributed by atoms with Crippen molar-refractivity contribution in [3.8, 4) is 0 Å². The van der Waals surface area contributed by atoms with Crippen LogP contribution in [-0.4, -0.2) is 50.5 Å². The minimum atomic E-state index is -1.03. The minimum Gasteiger partial charge on any atom is -0.347 e. The topological polar surface area (TPSA) is 80.1 Å². The van der Waals surface area contributed by atoms with Crippen molar-refractivity contribution in [2.45, 2.75) is 44.6 Å². The van der Waals surface area contributed by atoms with Crippen LogP contribution in [0.4, 0.5) is 4.39 Å². The summed E-state index contributed by atoms with van der Waals surface area (Å²) in [4.78, 5) is 26.7. The molecule has 4 rings (SSSR count). The third kappa shape index (κ3) is 4.52. The summed E-state index contributed by atoms with van der Waals surface area (Å²) in [5.74, 6) is -0.404. The number of likely N-dealkylation sites (tertiary alicyclic amines) is 1. The van der Waals surface area contributed by atoms with Crippen molar-refractivity contribution in [2.24, 2.45) is 5.92 Å². The van der Waals surface area contributed by atoms with E-state index in [1.807, 2.05) is 42.5 Å². The summed E-state index contributed by atoms with van der Waals surface area (Å²) < 4.78 is 15.6. The van der Waals surface area contributed by atoms with Crippen molar-refractivity contribution in [3.63, 3.8) is 0 Å². The lowest BCUT2D eigenvalue weighted by Crippen LogP contribution is -2.41. The first-order valence-corrected chi connectivity index (χ1v) is 9.92. The Morgan fingerprint density at radius 3 is 2.69 bits per heavy atom. The zero-order chi connectivity index (χ0) is 20.2. The molecule has 0 saturated carbocycles. The standard InChI is InChI=1S/C21H24FN5O2/c22-17-10-18(27(12-17)21(29)16-8-4-5-9-16)13-26-14-19(24-25-26)20(28)23-11-15-6-2-1-3-7-15/h1-7,14,16-18H,8-13H2,(H,23,28). The largest absolute Gasteiger partial charge is 0.347 e. The zero-order valence-electron chi connectivity index (χ0n) is 16.1. The molecule has 2 heterocycles. The van der Waals surface area contributed by atoms with Crippen molar-refractivity contribution >= 4 is 11.8 Å². The Bertz CT molecular complexity index is 889. The second-order valence-electron chi connectivity index (χ2n) is 7.61. The number of aromatic nitrogens is 3. The molecule has 2 amide bonds. The monoisotopic (exact) mass is 397 g/mol. The van der Waals surface area contributed by atoms with E-state index < -0.39 is 6.17 Å². The Morgan fingerprint density at radius 1 is 1.17 bits per heavy atom. The third-order valence-electron chi connectivity index (χ3n) is 5.47. The summed E-state index contributed by atoms with van der Waals surface area (Å²) in [5, 5.41) is 10.7. The highest BCUT2D eigenvalue weighted by atomic mass is 19.1. The molecule has 152 valence electrons. The van der Waals surface area contributed by atoms with Crippen LogP contribution in [0.25, 0.3) is 0 Å². The van der Waals surface area contributed by atoms with Crippen LogP contribution < -0.4 is 5.32 Å². The number of halogens is 1. The number of hydrogen-bond donors (Lipinski definition) is 1. The van der Waals surface area contributed by atoms with Gasteiger partial charge in [0.25, 0.3) is 5.91 Å². The lowest BCUT2D eigenvalue weighted by Gasteiger charge is -2.26. The Morgan fingerprint density at radius 2 is 1.93 bits per heavy atom. The number of nitrogens with zero attached hydrogens (tertiary/aromatic N) is 4. The van der Waals surface area contributed by atoms with Gasteiger partial charge < -0.3 is 10.2 Å².